The molecule has 46 valence electrons. The van der Waals surface area contributed by atoms with E-state index in [-0.39, 0.29) is 51.6 Å². The van der Waals surface area contributed by atoms with E-state index in [1.807, 2.05) is 0 Å². The molecule has 0 atom stereocenters. The molecule has 0 aromatic rings. The van der Waals surface area contributed by atoms with Gasteiger partial charge in [0.1, 0.15) is 0 Å². The summed E-state index contributed by atoms with van der Waals surface area (Å²) in [6.45, 7) is 4.60. The van der Waals surface area contributed by atoms with Gasteiger partial charge in [0.15, 0.2) is 0 Å². The van der Waals surface area contributed by atoms with Crippen LogP contribution in [0.5, 0.6) is 0 Å². The summed E-state index contributed by atoms with van der Waals surface area (Å²) in [4.78, 5) is 9.60. The third-order valence-electron chi connectivity index (χ3n) is 0.365. The summed E-state index contributed by atoms with van der Waals surface area (Å²) in [6, 6.07) is 0. The van der Waals surface area contributed by atoms with Gasteiger partial charge in [-0.05, 0) is 6.92 Å². The fourth-order valence-electron chi connectivity index (χ4n) is 0. The Labute approximate surface area is 80.7 Å². The fourth-order valence-corrected chi connectivity index (χ4v) is 0. The van der Waals surface area contributed by atoms with Gasteiger partial charge in [-0.15, -0.1) is 0 Å². The number of carboxylic acids is 1. The summed E-state index contributed by atoms with van der Waals surface area (Å²) in [7, 11) is 0. The Morgan fingerprint density at radius 2 is 1.88 bits per heavy atom. The van der Waals surface area contributed by atoms with Crippen molar-refractivity contribution in [2.75, 3.05) is 0 Å². The SMILES string of the molecule is C=C(C)C(=O)O.O.[Ca+2].[H-].[H-]. The van der Waals surface area contributed by atoms with Gasteiger partial charge in [-0.1, -0.05) is 6.58 Å². The van der Waals surface area contributed by atoms with Crippen LogP contribution in [0.1, 0.15) is 9.78 Å². The summed E-state index contributed by atoms with van der Waals surface area (Å²) in [6.07, 6.45) is 0. The molecule has 4 heteroatoms. The van der Waals surface area contributed by atoms with E-state index in [0.717, 1.165) is 0 Å². The van der Waals surface area contributed by atoms with Crippen LogP contribution in [0.4, 0.5) is 0 Å². The molecule has 0 unspecified atom stereocenters. The molecule has 0 aromatic heterocycles. The van der Waals surface area contributed by atoms with Crippen molar-refractivity contribution in [2.24, 2.45) is 0 Å². The minimum absolute atomic E-state index is 0. The Kier molecular flexibility index (Phi) is 14.7. The zero-order valence-corrected chi connectivity index (χ0v) is 6.98. The molecule has 0 bridgehead atoms. The molecule has 0 saturated carbocycles. The second-order valence-corrected chi connectivity index (χ2v) is 1.09. The van der Waals surface area contributed by atoms with Crippen LogP contribution in [-0.2, 0) is 4.79 Å². The van der Waals surface area contributed by atoms with Crippen LogP contribution >= 0.6 is 0 Å². The van der Waals surface area contributed by atoms with Crippen molar-refractivity contribution in [2.45, 2.75) is 6.92 Å². The molecule has 3 nitrogen and oxygen atoms in total. The van der Waals surface area contributed by atoms with E-state index in [4.69, 9.17) is 5.11 Å². The monoisotopic (exact) mass is 146 g/mol. The minimum Gasteiger partial charge on any atom is -1.00 e. The smallest absolute Gasteiger partial charge is 1.00 e. The molecule has 0 aliphatic heterocycles. The summed E-state index contributed by atoms with van der Waals surface area (Å²) >= 11 is 0. The van der Waals surface area contributed by atoms with E-state index in [1.54, 1.807) is 0 Å². The molecule has 0 rings (SSSR count). The van der Waals surface area contributed by atoms with Crippen molar-refractivity contribution >= 4 is 43.7 Å². The number of hydrogen-bond acceptors (Lipinski definition) is 1. The molecule has 0 aliphatic carbocycles. The Hall–Kier alpha value is 0.430. The van der Waals surface area contributed by atoms with Gasteiger partial charge < -0.3 is 13.4 Å². The molecule has 3 N–H and O–H groups in total. The predicted molar refractivity (Wildman–Crippen MR) is 34.0 cm³/mol. The number of aliphatic carboxylic acids is 1. The van der Waals surface area contributed by atoms with Gasteiger partial charge in [-0.2, -0.15) is 0 Å². The van der Waals surface area contributed by atoms with Crippen molar-refractivity contribution < 1.29 is 18.2 Å². The molecule has 0 amide bonds. The van der Waals surface area contributed by atoms with E-state index >= 15 is 0 Å². The second-order valence-electron chi connectivity index (χ2n) is 1.09. The van der Waals surface area contributed by atoms with Gasteiger partial charge in [0.05, 0.1) is 0 Å². The van der Waals surface area contributed by atoms with Crippen molar-refractivity contribution in [1.82, 2.24) is 0 Å². The maximum atomic E-state index is 9.60. The van der Waals surface area contributed by atoms with E-state index in [9.17, 15) is 4.79 Å². The van der Waals surface area contributed by atoms with Crippen LogP contribution in [0.15, 0.2) is 12.2 Å². The normalized spacial score (nSPS) is 5.62. The van der Waals surface area contributed by atoms with Gasteiger partial charge in [0.2, 0.25) is 0 Å². The number of carboxylic acid groups (broad SMARTS) is 1. The molecular formula is C4H10CaO3. The number of carbonyl (C=O) groups is 1. The zero-order valence-electron chi connectivity index (χ0n) is 6.77. The van der Waals surface area contributed by atoms with Crippen molar-refractivity contribution in [3.63, 3.8) is 0 Å². The van der Waals surface area contributed by atoms with Gasteiger partial charge in [-0.25, -0.2) is 4.79 Å². The average Bonchev–Trinajstić information content (AvgIpc) is 1.36. The van der Waals surface area contributed by atoms with E-state index in [0.29, 0.717) is 0 Å². The summed E-state index contributed by atoms with van der Waals surface area (Å²) in [5.74, 6) is -0.935. The first-order valence-electron chi connectivity index (χ1n) is 1.53. The molecule has 0 saturated heterocycles. The average molecular weight is 146 g/mol. The first kappa shape index (κ1) is 15.8. The van der Waals surface area contributed by atoms with Gasteiger partial charge in [0, 0.05) is 5.57 Å². The molecule has 0 aliphatic rings. The Morgan fingerprint density at radius 1 is 1.75 bits per heavy atom. The zero-order chi connectivity index (χ0) is 5.15. The third-order valence-corrected chi connectivity index (χ3v) is 0.365. The van der Waals surface area contributed by atoms with Gasteiger partial charge in [-0.3, -0.25) is 0 Å². The standard InChI is InChI=1S/C4H6O2.Ca.H2O.2H/c1-3(2)4(5)6;;;;/h1H2,2H3,(H,5,6);;1H2;;/q;+2;;2*-1. The largest absolute Gasteiger partial charge is 2.00 e. The van der Waals surface area contributed by atoms with Crippen LogP contribution in [0, 0.1) is 0 Å². The maximum Gasteiger partial charge on any atom is 2.00 e. The first-order valence-corrected chi connectivity index (χ1v) is 1.53. The molecule has 0 fully saturated rings. The van der Waals surface area contributed by atoms with E-state index in [1.165, 1.54) is 6.92 Å². The van der Waals surface area contributed by atoms with Crippen LogP contribution in [0.3, 0.4) is 0 Å². The van der Waals surface area contributed by atoms with Crippen LogP contribution in [0.25, 0.3) is 0 Å². The van der Waals surface area contributed by atoms with Crippen LogP contribution in [-0.4, -0.2) is 54.3 Å². The Morgan fingerprint density at radius 3 is 1.88 bits per heavy atom. The summed E-state index contributed by atoms with van der Waals surface area (Å²) in [5.41, 5.74) is 0.176. The molecule has 0 spiro atoms. The Bertz CT molecular complexity index is 84.5. The number of hydrogen-bond donors (Lipinski definition) is 1. The minimum atomic E-state index is -0.935. The third kappa shape index (κ3) is 9.66. The first-order chi connectivity index (χ1) is 2.64. The van der Waals surface area contributed by atoms with Gasteiger partial charge in [0.25, 0.3) is 0 Å². The van der Waals surface area contributed by atoms with Crippen molar-refractivity contribution in [3.8, 4) is 0 Å². The molecular weight excluding hydrogens is 136 g/mol. The van der Waals surface area contributed by atoms with Gasteiger partial charge >= 0.3 is 43.7 Å². The fraction of sp³-hybridized carbons (Fsp3) is 0.250. The second kappa shape index (κ2) is 7.43. The van der Waals surface area contributed by atoms with E-state index in [2.05, 4.69) is 6.58 Å². The summed E-state index contributed by atoms with van der Waals surface area (Å²) in [5, 5.41) is 7.89. The topological polar surface area (TPSA) is 68.8 Å². The van der Waals surface area contributed by atoms with E-state index < -0.39 is 5.97 Å². The van der Waals surface area contributed by atoms with Crippen molar-refractivity contribution in [1.29, 1.82) is 0 Å². The predicted octanol–water partition coefficient (Wildman–Crippen LogP) is -0.333. The summed E-state index contributed by atoms with van der Waals surface area (Å²) < 4.78 is 0. The van der Waals surface area contributed by atoms with Crippen LogP contribution < -0.4 is 0 Å². The molecule has 0 aromatic carbocycles. The molecule has 0 heterocycles. The maximum absolute atomic E-state index is 9.60. The number of rotatable bonds is 1. The molecule has 0 radical (unpaired) electrons. The van der Waals surface area contributed by atoms with Crippen molar-refractivity contribution in [3.05, 3.63) is 12.2 Å². The van der Waals surface area contributed by atoms with Crippen LogP contribution in [0.2, 0.25) is 0 Å². The molecule has 8 heavy (non-hydrogen) atoms. The quantitative estimate of drug-likeness (QED) is 0.406. The Balaban J connectivity index is -0.0000000208.